The molecule has 1 aromatic heterocycles. The van der Waals surface area contributed by atoms with Crippen LogP contribution >= 0.6 is 11.3 Å². The van der Waals surface area contributed by atoms with Crippen LogP contribution in [0.25, 0.3) is 10.1 Å². The van der Waals surface area contributed by atoms with Gasteiger partial charge in [0.1, 0.15) is 0 Å². The van der Waals surface area contributed by atoms with E-state index in [2.05, 4.69) is 43.4 Å². The molecule has 2 heteroatoms. The first-order valence-electron chi connectivity index (χ1n) is 4.53. The first-order chi connectivity index (χ1) is 6.29. The van der Waals surface area contributed by atoms with Gasteiger partial charge in [-0.2, -0.15) is 0 Å². The summed E-state index contributed by atoms with van der Waals surface area (Å²) >= 11 is 1.82. The van der Waals surface area contributed by atoms with Gasteiger partial charge in [-0.05, 0) is 36.9 Å². The summed E-state index contributed by atoms with van der Waals surface area (Å²) in [4.78, 5) is 0. The molecular formula is C11H13NS. The second-order valence-electron chi connectivity index (χ2n) is 3.18. The zero-order valence-corrected chi connectivity index (χ0v) is 8.74. The van der Waals surface area contributed by atoms with E-state index in [9.17, 15) is 0 Å². The molecular weight excluding hydrogens is 178 g/mol. The van der Waals surface area contributed by atoms with Crippen molar-refractivity contribution in [3.05, 3.63) is 29.8 Å². The lowest BCUT2D eigenvalue weighted by molar-refractivity contribution is 1.23. The summed E-state index contributed by atoms with van der Waals surface area (Å²) in [6, 6.07) is 8.79. The average molecular weight is 191 g/mol. The molecule has 1 N–H and O–H groups in total. The molecule has 0 aliphatic rings. The molecule has 2 aromatic rings. The lowest BCUT2D eigenvalue weighted by Crippen LogP contribution is -1.91. The lowest BCUT2D eigenvalue weighted by atomic mass is 10.2. The van der Waals surface area contributed by atoms with Gasteiger partial charge in [0, 0.05) is 11.2 Å². The fourth-order valence-electron chi connectivity index (χ4n) is 1.40. The van der Waals surface area contributed by atoms with Crippen LogP contribution in [0.15, 0.2) is 24.3 Å². The Balaban J connectivity index is 2.49. The third-order valence-corrected chi connectivity index (χ3v) is 3.08. The molecule has 68 valence electrons. The smallest absolute Gasteiger partial charge is 0.0894 e. The monoisotopic (exact) mass is 191 g/mol. The van der Waals surface area contributed by atoms with Gasteiger partial charge in [0.15, 0.2) is 0 Å². The molecule has 0 amide bonds. The van der Waals surface area contributed by atoms with Gasteiger partial charge in [0.05, 0.1) is 5.00 Å². The third kappa shape index (κ3) is 1.68. The minimum Gasteiger partial charge on any atom is -0.377 e. The maximum absolute atomic E-state index is 3.33. The highest BCUT2D eigenvalue weighted by atomic mass is 32.1. The maximum Gasteiger partial charge on any atom is 0.0894 e. The summed E-state index contributed by atoms with van der Waals surface area (Å²) in [6.07, 6.45) is 0. The average Bonchev–Trinajstić information content (AvgIpc) is 2.46. The van der Waals surface area contributed by atoms with Crippen LogP contribution in [-0.4, -0.2) is 6.54 Å². The SMILES string of the molecule is CCNc1cc2ccc(C)cc2s1. The number of nitrogens with one attached hydrogen (secondary N) is 1. The summed E-state index contributed by atoms with van der Waals surface area (Å²) < 4.78 is 1.37. The summed E-state index contributed by atoms with van der Waals surface area (Å²) in [5.74, 6) is 0. The molecule has 0 fully saturated rings. The normalized spacial score (nSPS) is 10.6. The molecule has 13 heavy (non-hydrogen) atoms. The molecule has 0 aliphatic carbocycles. The zero-order valence-electron chi connectivity index (χ0n) is 7.92. The molecule has 0 saturated heterocycles. The van der Waals surface area contributed by atoms with E-state index in [0.717, 1.165) is 6.54 Å². The van der Waals surface area contributed by atoms with Crippen molar-refractivity contribution in [3.8, 4) is 0 Å². The van der Waals surface area contributed by atoms with Gasteiger partial charge in [-0.15, -0.1) is 11.3 Å². The Morgan fingerprint density at radius 2 is 2.15 bits per heavy atom. The summed E-state index contributed by atoms with van der Waals surface area (Å²) in [7, 11) is 0. The van der Waals surface area contributed by atoms with Gasteiger partial charge >= 0.3 is 0 Å². The van der Waals surface area contributed by atoms with Crippen molar-refractivity contribution in [2.24, 2.45) is 0 Å². The molecule has 0 radical (unpaired) electrons. The Bertz CT molecular complexity index is 417. The van der Waals surface area contributed by atoms with E-state index in [-0.39, 0.29) is 0 Å². The van der Waals surface area contributed by atoms with Gasteiger partial charge < -0.3 is 5.32 Å². The number of fused-ring (bicyclic) bond motifs is 1. The first kappa shape index (κ1) is 8.57. The summed E-state index contributed by atoms with van der Waals surface area (Å²) in [5.41, 5.74) is 1.33. The fourth-order valence-corrected chi connectivity index (χ4v) is 2.53. The summed E-state index contributed by atoms with van der Waals surface area (Å²) in [6.45, 7) is 5.24. The molecule has 0 spiro atoms. The molecule has 0 bridgehead atoms. The number of rotatable bonds is 2. The zero-order chi connectivity index (χ0) is 9.26. The van der Waals surface area contributed by atoms with Crippen LogP contribution < -0.4 is 5.32 Å². The van der Waals surface area contributed by atoms with Crippen molar-refractivity contribution in [2.45, 2.75) is 13.8 Å². The highest BCUT2D eigenvalue weighted by Gasteiger charge is 1.99. The summed E-state index contributed by atoms with van der Waals surface area (Å²) in [5, 5.41) is 5.94. The predicted molar refractivity (Wildman–Crippen MR) is 60.7 cm³/mol. The van der Waals surface area contributed by atoms with Gasteiger partial charge in [0.2, 0.25) is 0 Å². The van der Waals surface area contributed by atoms with E-state index in [0.29, 0.717) is 0 Å². The van der Waals surface area contributed by atoms with Crippen LogP contribution in [0.3, 0.4) is 0 Å². The predicted octanol–water partition coefficient (Wildman–Crippen LogP) is 3.64. The molecule has 1 nitrogen and oxygen atoms in total. The van der Waals surface area contributed by atoms with Gasteiger partial charge in [-0.3, -0.25) is 0 Å². The van der Waals surface area contributed by atoms with Crippen molar-refractivity contribution in [1.29, 1.82) is 0 Å². The van der Waals surface area contributed by atoms with Crippen molar-refractivity contribution < 1.29 is 0 Å². The second kappa shape index (κ2) is 3.38. The Morgan fingerprint density at radius 1 is 1.31 bits per heavy atom. The minimum absolute atomic E-state index is 0.992. The van der Waals surface area contributed by atoms with E-state index in [4.69, 9.17) is 0 Å². The van der Waals surface area contributed by atoms with E-state index < -0.39 is 0 Å². The Morgan fingerprint density at radius 3 is 2.92 bits per heavy atom. The van der Waals surface area contributed by atoms with Crippen LogP contribution in [0.1, 0.15) is 12.5 Å². The van der Waals surface area contributed by atoms with Crippen LogP contribution in [0.5, 0.6) is 0 Å². The van der Waals surface area contributed by atoms with E-state index in [1.807, 2.05) is 11.3 Å². The number of hydrogen-bond donors (Lipinski definition) is 1. The first-order valence-corrected chi connectivity index (χ1v) is 5.35. The maximum atomic E-state index is 3.33. The van der Waals surface area contributed by atoms with Crippen molar-refractivity contribution in [1.82, 2.24) is 0 Å². The Kier molecular flexibility index (Phi) is 2.23. The number of thiophene rings is 1. The molecule has 1 heterocycles. The minimum atomic E-state index is 0.992. The van der Waals surface area contributed by atoms with Crippen molar-refractivity contribution in [2.75, 3.05) is 11.9 Å². The fraction of sp³-hybridized carbons (Fsp3) is 0.273. The number of anilines is 1. The topological polar surface area (TPSA) is 12.0 Å². The van der Waals surface area contributed by atoms with Crippen LogP contribution in [0, 0.1) is 6.92 Å². The molecule has 1 aromatic carbocycles. The van der Waals surface area contributed by atoms with Gasteiger partial charge in [-0.25, -0.2) is 0 Å². The van der Waals surface area contributed by atoms with E-state index >= 15 is 0 Å². The van der Waals surface area contributed by atoms with Crippen molar-refractivity contribution >= 4 is 26.4 Å². The molecule has 0 aliphatic heterocycles. The standard InChI is InChI=1S/C11H13NS/c1-3-12-11-7-9-5-4-8(2)6-10(9)13-11/h4-7,12H,3H2,1-2H3. The van der Waals surface area contributed by atoms with E-state index in [1.165, 1.54) is 20.7 Å². The molecule has 0 saturated carbocycles. The van der Waals surface area contributed by atoms with Crippen LogP contribution in [0.4, 0.5) is 5.00 Å². The largest absolute Gasteiger partial charge is 0.377 e. The Hall–Kier alpha value is -1.02. The highest BCUT2D eigenvalue weighted by molar-refractivity contribution is 7.22. The number of benzene rings is 1. The van der Waals surface area contributed by atoms with Crippen molar-refractivity contribution in [3.63, 3.8) is 0 Å². The van der Waals surface area contributed by atoms with Gasteiger partial charge in [0.25, 0.3) is 0 Å². The molecule has 2 rings (SSSR count). The third-order valence-electron chi connectivity index (χ3n) is 2.03. The van der Waals surface area contributed by atoms with Gasteiger partial charge in [-0.1, -0.05) is 12.1 Å². The molecule has 0 atom stereocenters. The number of aryl methyl sites for hydroxylation is 1. The van der Waals surface area contributed by atoms with E-state index in [1.54, 1.807) is 0 Å². The van der Waals surface area contributed by atoms with Crippen LogP contribution in [0.2, 0.25) is 0 Å². The lowest BCUT2D eigenvalue weighted by Gasteiger charge is -1.93. The second-order valence-corrected chi connectivity index (χ2v) is 4.27. The van der Waals surface area contributed by atoms with Crippen LogP contribution in [-0.2, 0) is 0 Å². The molecule has 0 unspecified atom stereocenters. The highest BCUT2D eigenvalue weighted by Crippen LogP contribution is 2.29. The quantitative estimate of drug-likeness (QED) is 0.764. The number of hydrogen-bond acceptors (Lipinski definition) is 2. The Labute approximate surface area is 82.4 Å².